The predicted octanol–water partition coefficient (Wildman–Crippen LogP) is 7.71. The summed E-state index contributed by atoms with van der Waals surface area (Å²) in [6.07, 6.45) is 0.282. The van der Waals surface area contributed by atoms with Gasteiger partial charge in [0, 0.05) is 59.7 Å². The molecule has 322 valence electrons. The fourth-order valence-electron chi connectivity index (χ4n) is 6.29. The molecule has 3 N–H and O–H groups in total. The van der Waals surface area contributed by atoms with Crippen molar-refractivity contribution >= 4 is 40.9 Å². The summed E-state index contributed by atoms with van der Waals surface area (Å²) in [4.78, 5) is 44.2. The highest BCUT2D eigenvalue weighted by molar-refractivity contribution is 7.98. The number of carbonyl (C=O) groups excluding carboxylic acids is 2. The molecule has 1 saturated heterocycles. The summed E-state index contributed by atoms with van der Waals surface area (Å²) in [5, 5.41) is 14.3. The number of ether oxygens (including phenoxy) is 4. The molecule has 2 heterocycles. The topological polar surface area (TPSA) is 149 Å². The van der Waals surface area contributed by atoms with E-state index < -0.39 is 23.6 Å². The lowest BCUT2D eigenvalue weighted by atomic mass is 10.0. The number of amides is 2. The third-order valence-corrected chi connectivity index (χ3v) is 10.4. The van der Waals surface area contributed by atoms with Crippen molar-refractivity contribution in [2.24, 2.45) is 0 Å². The number of carboxylic acid groups (broad SMARTS) is 1. The first-order chi connectivity index (χ1) is 29.1. The Morgan fingerprint density at radius 2 is 1.40 bits per heavy atom. The number of nitrogens with zero attached hydrogens (tertiary/aromatic N) is 2. The van der Waals surface area contributed by atoms with Gasteiger partial charge in [-0.15, -0.1) is 0 Å². The molecule has 12 nitrogen and oxygen atoms in total. The second-order valence-electron chi connectivity index (χ2n) is 13.9. The van der Waals surface area contributed by atoms with E-state index in [9.17, 15) is 27.6 Å². The zero-order valence-corrected chi connectivity index (χ0v) is 34.2. The van der Waals surface area contributed by atoms with Gasteiger partial charge in [-0.1, -0.05) is 24.3 Å². The molecule has 1 fully saturated rings. The summed E-state index contributed by atoms with van der Waals surface area (Å²) in [6, 6.07) is 21.2. The third-order valence-electron chi connectivity index (χ3n) is 9.38. The van der Waals surface area contributed by atoms with Gasteiger partial charge in [0.25, 0.3) is 11.8 Å². The third kappa shape index (κ3) is 15.6. The summed E-state index contributed by atoms with van der Waals surface area (Å²) in [6.45, 7) is 4.83. The van der Waals surface area contributed by atoms with Crippen LogP contribution in [-0.2, 0) is 42.2 Å². The number of benzene rings is 3. The average molecular weight is 853 g/mol. The Bertz CT molecular complexity index is 2000. The molecule has 0 atom stereocenters. The molecule has 0 radical (unpaired) electrons. The molecular weight excluding hydrogens is 802 g/mol. The van der Waals surface area contributed by atoms with E-state index in [0.29, 0.717) is 80.1 Å². The standard InChI is InChI=1S/C44H51F3N4O8S/c45-44(46,47)36-9-5-6-32(27-36)30-49-42(54)35-12-14-48-40(28-35)38-29-37(51-15-2-1-3-16-51)10-11-39(38)50-43(55)34-8-4-7-33(26-34)31-60-25-24-59-23-22-58-21-20-57-19-18-56-17-13-41(52)53/h4-12,14,26-29H,1-3,13,15-25,30-31H2,(H,49,54)(H,50,55)(H,52,53). The largest absolute Gasteiger partial charge is 0.481 e. The lowest BCUT2D eigenvalue weighted by Gasteiger charge is -2.29. The average Bonchev–Trinajstić information content (AvgIpc) is 3.25. The van der Waals surface area contributed by atoms with Crippen LogP contribution >= 0.6 is 11.8 Å². The minimum atomic E-state index is -4.49. The molecule has 4 aromatic rings. The van der Waals surface area contributed by atoms with Gasteiger partial charge in [0.1, 0.15) is 0 Å². The van der Waals surface area contributed by atoms with Gasteiger partial charge in [0.05, 0.1) is 76.2 Å². The zero-order valence-electron chi connectivity index (χ0n) is 33.3. The monoisotopic (exact) mass is 852 g/mol. The van der Waals surface area contributed by atoms with Crippen LogP contribution in [0.5, 0.6) is 0 Å². The molecule has 16 heteroatoms. The number of anilines is 2. The van der Waals surface area contributed by atoms with Gasteiger partial charge in [-0.2, -0.15) is 24.9 Å². The van der Waals surface area contributed by atoms with E-state index in [1.807, 2.05) is 36.4 Å². The molecule has 60 heavy (non-hydrogen) atoms. The predicted molar refractivity (Wildman–Crippen MR) is 224 cm³/mol. The zero-order chi connectivity index (χ0) is 42.6. The van der Waals surface area contributed by atoms with Crippen LogP contribution in [0.15, 0.2) is 85.1 Å². The minimum absolute atomic E-state index is 0.0295. The van der Waals surface area contributed by atoms with Gasteiger partial charge in [0.2, 0.25) is 0 Å². The number of alkyl halides is 3. The fourth-order valence-corrected chi connectivity index (χ4v) is 7.08. The highest BCUT2D eigenvalue weighted by Crippen LogP contribution is 2.34. The Labute approximate surface area is 352 Å². The number of aromatic nitrogens is 1. The maximum Gasteiger partial charge on any atom is 0.416 e. The second-order valence-corrected chi connectivity index (χ2v) is 15.0. The lowest BCUT2D eigenvalue weighted by Crippen LogP contribution is -2.29. The molecule has 1 aliphatic heterocycles. The van der Waals surface area contributed by atoms with Crippen molar-refractivity contribution in [2.45, 2.75) is 44.2 Å². The van der Waals surface area contributed by atoms with Crippen molar-refractivity contribution in [3.05, 3.63) is 113 Å². The molecule has 0 unspecified atom stereocenters. The van der Waals surface area contributed by atoms with Crippen molar-refractivity contribution in [1.29, 1.82) is 0 Å². The van der Waals surface area contributed by atoms with Crippen molar-refractivity contribution in [1.82, 2.24) is 10.3 Å². The molecule has 0 bridgehead atoms. The molecule has 5 rings (SSSR count). The fraction of sp³-hybridized carbons (Fsp3) is 0.409. The number of thioether (sulfide) groups is 1. The van der Waals surface area contributed by atoms with Crippen LogP contribution < -0.4 is 15.5 Å². The summed E-state index contributed by atoms with van der Waals surface area (Å²) >= 11 is 1.68. The van der Waals surface area contributed by atoms with E-state index in [4.69, 9.17) is 24.1 Å². The van der Waals surface area contributed by atoms with Gasteiger partial charge < -0.3 is 39.6 Å². The Morgan fingerprint density at radius 1 is 0.733 bits per heavy atom. The number of carbonyl (C=O) groups is 3. The number of hydrogen-bond acceptors (Lipinski definition) is 10. The number of nitrogens with one attached hydrogen (secondary N) is 2. The van der Waals surface area contributed by atoms with Crippen molar-refractivity contribution < 1.29 is 51.6 Å². The first kappa shape index (κ1) is 46.1. The maximum absolute atomic E-state index is 13.7. The van der Waals surface area contributed by atoms with Crippen molar-refractivity contribution in [3.63, 3.8) is 0 Å². The maximum atomic E-state index is 13.7. The lowest BCUT2D eigenvalue weighted by molar-refractivity contribution is -0.139. The van der Waals surface area contributed by atoms with Gasteiger partial charge in [-0.3, -0.25) is 19.4 Å². The Morgan fingerprint density at radius 3 is 2.12 bits per heavy atom. The SMILES string of the molecule is O=C(O)CCOCCOCCOCCOCCSCc1cccc(C(=O)Nc2ccc(N3CCCCC3)cc2-c2cc(C(=O)NCc3cccc(C(F)(F)F)c3)ccn2)c1. The van der Waals surface area contributed by atoms with Crippen LogP contribution in [0.2, 0.25) is 0 Å². The van der Waals surface area contributed by atoms with Gasteiger partial charge in [0.15, 0.2) is 0 Å². The first-order valence-corrected chi connectivity index (χ1v) is 21.0. The van der Waals surface area contributed by atoms with Crippen LogP contribution in [-0.4, -0.2) is 99.6 Å². The van der Waals surface area contributed by atoms with E-state index in [1.165, 1.54) is 24.4 Å². The van der Waals surface area contributed by atoms with Crippen LogP contribution in [0.3, 0.4) is 0 Å². The molecule has 0 saturated carbocycles. The minimum Gasteiger partial charge on any atom is -0.481 e. The van der Waals surface area contributed by atoms with E-state index >= 15 is 0 Å². The Balaban J connectivity index is 1.12. The van der Waals surface area contributed by atoms with Crippen LogP contribution in [0.1, 0.15) is 63.1 Å². The molecule has 1 aliphatic rings. The normalized spacial score (nSPS) is 12.9. The van der Waals surface area contributed by atoms with E-state index in [0.717, 1.165) is 61.5 Å². The first-order valence-electron chi connectivity index (χ1n) is 19.9. The number of pyridine rings is 1. The summed E-state index contributed by atoms with van der Waals surface area (Å²) < 4.78 is 61.4. The number of piperidine rings is 1. The van der Waals surface area contributed by atoms with Crippen LogP contribution in [0.4, 0.5) is 24.5 Å². The second kappa shape index (κ2) is 24.3. The van der Waals surface area contributed by atoms with E-state index in [1.54, 1.807) is 23.9 Å². The van der Waals surface area contributed by atoms with Gasteiger partial charge in [-0.25, -0.2) is 0 Å². The quantitative estimate of drug-likeness (QED) is 0.0596. The molecule has 1 aromatic heterocycles. The molecule has 2 amide bonds. The Hall–Kier alpha value is -5.00. The summed E-state index contributed by atoms with van der Waals surface area (Å²) in [7, 11) is 0. The van der Waals surface area contributed by atoms with Crippen LogP contribution in [0.25, 0.3) is 11.3 Å². The number of rotatable bonds is 24. The smallest absolute Gasteiger partial charge is 0.416 e. The highest BCUT2D eigenvalue weighted by Gasteiger charge is 2.30. The number of carboxylic acids is 1. The molecular formula is C44H51F3N4O8S. The van der Waals surface area contributed by atoms with E-state index in [-0.39, 0.29) is 31.0 Å². The highest BCUT2D eigenvalue weighted by atomic mass is 32.2. The number of halogens is 3. The molecule has 0 aliphatic carbocycles. The van der Waals surface area contributed by atoms with Gasteiger partial charge in [-0.05, 0) is 85.0 Å². The molecule has 3 aromatic carbocycles. The van der Waals surface area contributed by atoms with E-state index in [2.05, 4.69) is 20.5 Å². The summed E-state index contributed by atoms with van der Waals surface area (Å²) in [5.74, 6) is -0.238. The Kier molecular flexibility index (Phi) is 18.7. The summed E-state index contributed by atoms with van der Waals surface area (Å²) in [5.41, 5.74) is 3.84. The number of aliphatic carboxylic acids is 1. The van der Waals surface area contributed by atoms with Gasteiger partial charge >= 0.3 is 12.1 Å². The van der Waals surface area contributed by atoms with Crippen LogP contribution in [0, 0.1) is 0 Å². The van der Waals surface area contributed by atoms with Crippen molar-refractivity contribution in [2.75, 3.05) is 81.9 Å². The number of hydrogen-bond donors (Lipinski definition) is 3. The molecule has 0 spiro atoms. The van der Waals surface area contributed by atoms with Crippen molar-refractivity contribution in [3.8, 4) is 11.3 Å².